The number of carbonyl (C=O) groups excluding carboxylic acids is 2. The summed E-state index contributed by atoms with van der Waals surface area (Å²) < 4.78 is 33.4. The van der Waals surface area contributed by atoms with Gasteiger partial charge >= 0.3 is 0 Å². The minimum atomic E-state index is -3.93. The molecule has 2 aliphatic heterocycles. The lowest BCUT2D eigenvalue weighted by Gasteiger charge is -2.29. The normalized spacial score (nSPS) is 19.5. The average molecular weight is 437 g/mol. The number of carbonyl (C=O) groups is 2. The van der Waals surface area contributed by atoms with Gasteiger partial charge in [0, 0.05) is 25.0 Å². The van der Waals surface area contributed by atoms with Crippen LogP contribution < -0.4 is 15.0 Å². The summed E-state index contributed by atoms with van der Waals surface area (Å²) in [6.45, 7) is 2.39. The van der Waals surface area contributed by atoms with Gasteiger partial charge in [-0.25, -0.2) is 13.4 Å². The smallest absolute Gasteiger partial charge is 0.244 e. The standard InChI is InChI=1S/C18H20N4O5S2/c1-12(23)21-8-9-27-16-5-4-13(11-15(16)21)29(25,26)22-7-2-3-14(22)17(24)20-18-19-6-10-28-18/h4-6,10-11,14H,2-3,7-9H2,1H3,(H,19,20,24)/t14-/m1/s1. The first-order chi connectivity index (χ1) is 13.9. The number of sulfonamides is 1. The second-order valence-corrected chi connectivity index (χ2v) is 9.53. The number of benzene rings is 1. The lowest BCUT2D eigenvalue weighted by atomic mass is 10.2. The van der Waals surface area contributed by atoms with Crippen molar-refractivity contribution in [3.63, 3.8) is 0 Å². The van der Waals surface area contributed by atoms with Crippen LogP contribution in [-0.2, 0) is 19.6 Å². The summed E-state index contributed by atoms with van der Waals surface area (Å²) in [6, 6.07) is 3.64. The topological polar surface area (TPSA) is 109 Å². The van der Waals surface area contributed by atoms with E-state index in [-0.39, 0.29) is 17.3 Å². The molecule has 9 nitrogen and oxygen atoms in total. The van der Waals surface area contributed by atoms with Crippen molar-refractivity contribution in [3.05, 3.63) is 29.8 Å². The molecule has 0 spiro atoms. The Balaban J connectivity index is 1.63. The van der Waals surface area contributed by atoms with Crippen LogP contribution in [0.3, 0.4) is 0 Å². The van der Waals surface area contributed by atoms with Crippen molar-refractivity contribution in [2.24, 2.45) is 0 Å². The van der Waals surface area contributed by atoms with Crippen molar-refractivity contribution >= 4 is 44.0 Å². The number of aromatic nitrogens is 1. The van der Waals surface area contributed by atoms with Crippen LogP contribution in [0.2, 0.25) is 0 Å². The first-order valence-electron chi connectivity index (χ1n) is 9.15. The van der Waals surface area contributed by atoms with E-state index in [4.69, 9.17) is 4.74 Å². The van der Waals surface area contributed by atoms with E-state index < -0.39 is 22.0 Å². The maximum Gasteiger partial charge on any atom is 0.244 e. The number of hydrogen-bond donors (Lipinski definition) is 1. The lowest BCUT2D eigenvalue weighted by molar-refractivity contribution is -0.119. The largest absolute Gasteiger partial charge is 0.490 e. The zero-order valence-corrected chi connectivity index (χ0v) is 17.3. The molecule has 154 valence electrons. The maximum absolute atomic E-state index is 13.3. The highest BCUT2D eigenvalue weighted by Crippen LogP contribution is 2.36. The van der Waals surface area contributed by atoms with Gasteiger partial charge in [0.2, 0.25) is 21.8 Å². The molecule has 1 aromatic heterocycles. The SMILES string of the molecule is CC(=O)N1CCOc2ccc(S(=O)(=O)N3CCC[C@@H]3C(=O)Nc3nccs3)cc21. The summed E-state index contributed by atoms with van der Waals surface area (Å²) in [5, 5.41) is 4.84. The highest BCUT2D eigenvalue weighted by molar-refractivity contribution is 7.89. The Morgan fingerprint density at radius 3 is 2.86 bits per heavy atom. The lowest BCUT2D eigenvalue weighted by Crippen LogP contribution is -2.43. The Morgan fingerprint density at radius 2 is 2.14 bits per heavy atom. The van der Waals surface area contributed by atoms with E-state index in [1.165, 1.54) is 39.6 Å². The maximum atomic E-state index is 13.3. The van der Waals surface area contributed by atoms with Crippen LogP contribution in [0.4, 0.5) is 10.8 Å². The zero-order chi connectivity index (χ0) is 20.6. The van der Waals surface area contributed by atoms with Gasteiger partial charge in [0.25, 0.3) is 0 Å². The fourth-order valence-corrected chi connectivity index (χ4v) is 5.79. The summed E-state index contributed by atoms with van der Waals surface area (Å²) in [5.74, 6) is -0.122. The van der Waals surface area contributed by atoms with Crippen LogP contribution >= 0.6 is 11.3 Å². The van der Waals surface area contributed by atoms with Crippen molar-refractivity contribution in [2.45, 2.75) is 30.7 Å². The average Bonchev–Trinajstić information content (AvgIpc) is 3.39. The Hall–Kier alpha value is -2.50. The van der Waals surface area contributed by atoms with Gasteiger partial charge < -0.3 is 15.0 Å². The minimum absolute atomic E-state index is 0.0296. The van der Waals surface area contributed by atoms with E-state index in [0.717, 1.165) is 0 Å². The van der Waals surface area contributed by atoms with Gasteiger partial charge in [-0.15, -0.1) is 11.3 Å². The number of anilines is 2. The molecule has 3 heterocycles. The van der Waals surface area contributed by atoms with Crippen LogP contribution in [0.25, 0.3) is 0 Å². The van der Waals surface area contributed by atoms with Gasteiger partial charge in [-0.05, 0) is 31.0 Å². The predicted octanol–water partition coefficient (Wildman–Crippen LogP) is 1.68. The number of amides is 2. The zero-order valence-electron chi connectivity index (χ0n) is 15.7. The second kappa shape index (κ2) is 7.73. The van der Waals surface area contributed by atoms with Crippen molar-refractivity contribution in [1.29, 1.82) is 0 Å². The van der Waals surface area contributed by atoms with Crippen molar-refractivity contribution < 1.29 is 22.7 Å². The number of thiazole rings is 1. The number of nitrogens with one attached hydrogen (secondary N) is 1. The number of ether oxygens (including phenoxy) is 1. The molecule has 0 bridgehead atoms. The quantitative estimate of drug-likeness (QED) is 0.781. The van der Waals surface area contributed by atoms with E-state index in [9.17, 15) is 18.0 Å². The van der Waals surface area contributed by atoms with Gasteiger partial charge in [-0.1, -0.05) is 0 Å². The Kier molecular flexibility index (Phi) is 5.28. The van der Waals surface area contributed by atoms with E-state index in [2.05, 4.69) is 10.3 Å². The van der Waals surface area contributed by atoms with E-state index in [1.807, 2.05) is 0 Å². The number of fused-ring (bicyclic) bond motifs is 1. The monoisotopic (exact) mass is 436 g/mol. The van der Waals surface area contributed by atoms with Gasteiger partial charge in [0.15, 0.2) is 5.13 Å². The van der Waals surface area contributed by atoms with Crippen LogP contribution in [-0.4, -0.2) is 55.3 Å². The molecule has 1 saturated heterocycles. The second-order valence-electron chi connectivity index (χ2n) is 6.75. The van der Waals surface area contributed by atoms with Crippen LogP contribution in [0.15, 0.2) is 34.7 Å². The fraction of sp³-hybridized carbons (Fsp3) is 0.389. The summed E-state index contributed by atoms with van der Waals surface area (Å²) in [6.07, 6.45) is 2.59. The van der Waals surface area contributed by atoms with Crippen LogP contribution in [0.5, 0.6) is 5.75 Å². The molecule has 1 aromatic carbocycles. The summed E-state index contributed by atoms with van der Waals surface area (Å²) in [7, 11) is -3.93. The van der Waals surface area contributed by atoms with Gasteiger partial charge in [0.1, 0.15) is 18.4 Å². The molecular formula is C18H20N4O5S2. The highest BCUT2D eigenvalue weighted by atomic mass is 32.2. The van der Waals surface area contributed by atoms with Crippen molar-refractivity contribution in [1.82, 2.24) is 9.29 Å². The third kappa shape index (κ3) is 3.72. The number of rotatable bonds is 4. The predicted molar refractivity (Wildman–Crippen MR) is 108 cm³/mol. The molecule has 2 aromatic rings. The minimum Gasteiger partial charge on any atom is -0.490 e. The van der Waals surface area contributed by atoms with Gasteiger partial charge in [-0.2, -0.15) is 4.31 Å². The Labute approximate surface area is 172 Å². The number of hydrogen-bond acceptors (Lipinski definition) is 7. The molecule has 0 saturated carbocycles. The molecule has 0 unspecified atom stereocenters. The first-order valence-corrected chi connectivity index (χ1v) is 11.5. The summed E-state index contributed by atoms with van der Waals surface area (Å²) in [5.41, 5.74) is 0.424. The molecule has 2 aliphatic rings. The molecule has 0 radical (unpaired) electrons. The summed E-state index contributed by atoms with van der Waals surface area (Å²) in [4.78, 5) is 30.1. The highest BCUT2D eigenvalue weighted by Gasteiger charge is 2.40. The molecular weight excluding hydrogens is 416 g/mol. The molecule has 1 atom stereocenters. The molecule has 1 N–H and O–H groups in total. The molecule has 4 rings (SSSR count). The van der Waals surface area contributed by atoms with Gasteiger partial charge in [0.05, 0.1) is 17.1 Å². The third-order valence-corrected chi connectivity index (χ3v) is 7.54. The molecule has 29 heavy (non-hydrogen) atoms. The molecule has 2 amide bonds. The van der Waals surface area contributed by atoms with Crippen LogP contribution in [0.1, 0.15) is 19.8 Å². The van der Waals surface area contributed by atoms with Gasteiger partial charge in [-0.3, -0.25) is 9.59 Å². The fourth-order valence-electron chi connectivity index (χ4n) is 3.58. The Morgan fingerprint density at radius 1 is 1.31 bits per heavy atom. The third-order valence-electron chi connectivity index (χ3n) is 4.95. The van der Waals surface area contributed by atoms with Crippen LogP contribution in [0, 0.1) is 0 Å². The molecule has 0 aliphatic carbocycles. The number of nitrogens with zero attached hydrogens (tertiary/aromatic N) is 3. The van der Waals surface area contributed by atoms with Crippen molar-refractivity contribution in [2.75, 3.05) is 29.9 Å². The Bertz CT molecular complexity index is 1040. The molecule has 11 heteroatoms. The van der Waals surface area contributed by atoms with Crippen molar-refractivity contribution in [3.8, 4) is 5.75 Å². The van der Waals surface area contributed by atoms with E-state index in [1.54, 1.807) is 17.6 Å². The first kappa shape index (κ1) is 19.8. The van der Waals surface area contributed by atoms with E-state index >= 15 is 0 Å². The molecule has 1 fully saturated rings. The van der Waals surface area contributed by atoms with E-state index in [0.29, 0.717) is 42.6 Å². The summed E-state index contributed by atoms with van der Waals surface area (Å²) >= 11 is 1.27.